The molecule has 2 rings (SSSR count). The Hall–Kier alpha value is -1.97. The highest BCUT2D eigenvalue weighted by Gasteiger charge is 2.12. The zero-order valence-electron chi connectivity index (χ0n) is 8.67. The molecule has 1 heterocycles. The summed E-state index contributed by atoms with van der Waals surface area (Å²) in [5, 5.41) is 0. The Kier molecular flexibility index (Phi) is 2.56. The molecular weight excluding hydrogens is 210 g/mol. The van der Waals surface area contributed by atoms with Gasteiger partial charge in [-0.1, -0.05) is 12.1 Å². The lowest BCUT2D eigenvalue weighted by atomic mass is 10.0. The minimum Gasteiger partial charge on any atom is -0.397 e. The maximum atomic E-state index is 13.6. The molecule has 1 aromatic carbocycles. The van der Waals surface area contributed by atoms with E-state index in [0.29, 0.717) is 16.8 Å². The van der Waals surface area contributed by atoms with Crippen molar-refractivity contribution in [3.05, 3.63) is 47.8 Å². The molecule has 2 aromatic rings. The van der Waals surface area contributed by atoms with E-state index in [1.54, 1.807) is 6.92 Å². The number of nitrogen functional groups attached to an aromatic ring is 1. The van der Waals surface area contributed by atoms with Crippen molar-refractivity contribution in [2.75, 3.05) is 5.73 Å². The number of anilines is 1. The predicted octanol–water partition coefficient (Wildman–Crippen LogP) is 2.92. The fourth-order valence-electron chi connectivity index (χ4n) is 1.52. The van der Waals surface area contributed by atoms with E-state index in [1.165, 1.54) is 24.5 Å². The standard InChI is InChI=1S/C12H10F2N2/c1-7-9(5-16-6-11(7)15)8-3-2-4-10(13)12(8)14/h2-6H,15H2,1H3. The Bertz CT molecular complexity index is 489. The van der Waals surface area contributed by atoms with Crippen molar-refractivity contribution in [2.24, 2.45) is 0 Å². The van der Waals surface area contributed by atoms with Gasteiger partial charge in [0, 0.05) is 17.3 Å². The lowest BCUT2D eigenvalue weighted by molar-refractivity contribution is 0.511. The van der Waals surface area contributed by atoms with Gasteiger partial charge in [-0.05, 0) is 18.6 Å². The Morgan fingerprint density at radius 1 is 1.12 bits per heavy atom. The molecule has 0 saturated carbocycles. The third kappa shape index (κ3) is 1.62. The minimum atomic E-state index is -0.877. The number of pyridine rings is 1. The third-order valence-electron chi connectivity index (χ3n) is 2.50. The highest BCUT2D eigenvalue weighted by atomic mass is 19.2. The molecule has 0 radical (unpaired) electrons. The van der Waals surface area contributed by atoms with Gasteiger partial charge in [-0.15, -0.1) is 0 Å². The Balaban J connectivity index is 2.68. The van der Waals surface area contributed by atoms with E-state index in [0.717, 1.165) is 6.07 Å². The smallest absolute Gasteiger partial charge is 0.166 e. The van der Waals surface area contributed by atoms with E-state index in [2.05, 4.69) is 4.98 Å². The fourth-order valence-corrected chi connectivity index (χ4v) is 1.52. The summed E-state index contributed by atoms with van der Waals surface area (Å²) in [4.78, 5) is 3.88. The van der Waals surface area contributed by atoms with Crippen molar-refractivity contribution in [3.8, 4) is 11.1 Å². The van der Waals surface area contributed by atoms with Crippen LogP contribution < -0.4 is 5.73 Å². The second kappa shape index (κ2) is 3.89. The quantitative estimate of drug-likeness (QED) is 0.802. The van der Waals surface area contributed by atoms with Crippen LogP contribution in [0.25, 0.3) is 11.1 Å². The molecule has 0 saturated heterocycles. The van der Waals surface area contributed by atoms with Crippen molar-refractivity contribution in [1.29, 1.82) is 0 Å². The van der Waals surface area contributed by atoms with E-state index < -0.39 is 11.6 Å². The SMILES string of the molecule is Cc1c(N)cncc1-c1cccc(F)c1F. The van der Waals surface area contributed by atoms with Crippen LogP contribution in [0.15, 0.2) is 30.6 Å². The number of nitrogens with zero attached hydrogens (tertiary/aromatic N) is 1. The zero-order valence-corrected chi connectivity index (χ0v) is 8.67. The first-order chi connectivity index (χ1) is 7.61. The monoisotopic (exact) mass is 220 g/mol. The lowest BCUT2D eigenvalue weighted by Crippen LogP contribution is -1.96. The predicted molar refractivity (Wildman–Crippen MR) is 58.7 cm³/mol. The Labute approximate surface area is 91.7 Å². The number of rotatable bonds is 1. The molecule has 0 unspecified atom stereocenters. The summed E-state index contributed by atoms with van der Waals surface area (Å²) >= 11 is 0. The molecule has 82 valence electrons. The molecule has 0 fully saturated rings. The number of benzene rings is 1. The molecule has 0 amide bonds. The number of hydrogen-bond acceptors (Lipinski definition) is 2. The van der Waals surface area contributed by atoms with Crippen LogP contribution in [0, 0.1) is 18.6 Å². The van der Waals surface area contributed by atoms with Crippen molar-refractivity contribution >= 4 is 5.69 Å². The van der Waals surface area contributed by atoms with Gasteiger partial charge >= 0.3 is 0 Å². The summed E-state index contributed by atoms with van der Waals surface area (Å²) in [5.74, 6) is -1.75. The minimum absolute atomic E-state index is 0.178. The van der Waals surface area contributed by atoms with Crippen LogP contribution in [0.1, 0.15) is 5.56 Å². The number of nitrogens with two attached hydrogens (primary N) is 1. The van der Waals surface area contributed by atoms with E-state index in [9.17, 15) is 8.78 Å². The highest BCUT2D eigenvalue weighted by molar-refractivity contribution is 5.71. The highest BCUT2D eigenvalue weighted by Crippen LogP contribution is 2.28. The average Bonchev–Trinajstić information content (AvgIpc) is 2.27. The van der Waals surface area contributed by atoms with Crippen molar-refractivity contribution < 1.29 is 8.78 Å². The zero-order chi connectivity index (χ0) is 11.7. The van der Waals surface area contributed by atoms with E-state index in [1.807, 2.05) is 0 Å². The van der Waals surface area contributed by atoms with Crippen molar-refractivity contribution in [1.82, 2.24) is 4.98 Å². The van der Waals surface area contributed by atoms with Gasteiger partial charge in [0.25, 0.3) is 0 Å². The molecular formula is C12H10F2N2. The summed E-state index contributed by atoms with van der Waals surface area (Å²) in [7, 11) is 0. The third-order valence-corrected chi connectivity index (χ3v) is 2.50. The van der Waals surface area contributed by atoms with Crippen molar-refractivity contribution in [2.45, 2.75) is 6.92 Å². The summed E-state index contributed by atoms with van der Waals surface area (Å²) in [6.45, 7) is 1.75. The molecule has 0 aliphatic heterocycles. The molecule has 1 aromatic heterocycles. The van der Waals surface area contributed by atoms with Crippen LogP contribution in [-0.2, 0) is 0 Å². The van der Waals surface area contributed by atoms with Crippen LogP contribution in [-0.4, -0.2) is 4.98 Å². The first kappa shape index (κ1) is 10.5. The average molecular weight is 220 g/mol. The van der Waals surface area contributed by atoms with Gasteiger partial charge in [-0.2, -0.15) is 0 Å². The number of halogens is 2. The molecule has 0 aliphatic carbocycles. The summed E-state index contributed by atoms with van der Waals surface area (Å²) in [5.41, 5.74) is 7.51. The summed E-state index contributed by atoms with van der Waals surface area (Å²) in [6.07, 6.45) is 2.96. The molecule has 0 aliphatic rings. The summed E-state index contributed by atoms with van der Waals surface area (Å²) in [6, 6.07) is 4.03. The molecule has 2 nitrogen and oxygen atoms in total. The maximum Gasteiger partial charge on any atom is 0.166 e. The van der Waals surface area contributed by atoms with E-state index in [4.69, 9.17) is 5.73 Å². The van der Waals surface area contributed by atoms with Crippen LogP contribution in [0.2, 0.25) is 0 Å². The van der Waals surface area contributed by atoms with Crippen LogP contribution in [0.5, 0.6) is 0 Å². The molecule has 2 N–H and O–H groups in total. The first-order valence-electron chi connectivity index (χ1n) is 4.75. The molecule has 0 bridgehead atoms. The lowest BCUT2D eigenvalue weighted by Gasteiger charge is -2.08. The topological polar surface area (TPSA) is 38.9 Å². The molecule has 4 heteroatoms. The van der Waals surface area contributed by atoms with E-state index in [-0.39, 0.29) is 5.56 Å². The van der Waals surface area contributed by atoms with Crippen molar-refractivity contribution in [3.63, 3.8) is 0 Å². The Morgan fingerprint density at radius 3 is 2.62 bits per heavy atom. The van der Waals surface area contributed by atoms with Crippen LogP contribution in [0.4, 0.5) is 14.5 Å². The van der Waals surface area contributed by atoms with Gasteiger partial charge < -0.3 is 5.73 Å². The van der Waals surface area contributed by atoms with E-state index >= 15 is 0 Å². The number of aromatic nitrogens is 1. The van der Waals surface area contributed by atoms with Gasteiger partial charge in [0.1, 0.15) is 0 Å². The van der Waals surface area contributed by atoms with Gasteiger partial charge in [-0.25, -0.2) is 8.78 Å². The second-order valence-corrected chi connectivity index (χ2v) is 3.50. The largest absolute Gasteiger partial charge is 0.397 e. The molecule has 0 spiro atoms. The normalized spacial score (nSPS) is 10.4. The maximum absolute atomic E-state index is 13.6. The molecule has 16 heavy (non-hydrogen) atoms. The Morgan fingerprint density at radius 2 is 1.88 bits per heavy atom. The van der Waals surface area contributed by atoms with Gasteiger partial charge in [0.2, 0.25) is 0 Å². The van der Waals surface area contributed by atoms with Gasteiger partial charge in [0.15, 0.2) is 11.6 Å². The molecule has 0 atom stereocenters. The van der Waals surface area contributed by atoms with Crippen LogP contribution in [0.3, 0.4) is 0 Å². The summed E-state index contributed by atoms with van der Waals surface area (Å²) < 4.78 is 26.6. The van der Waals surface area contributed by atoms with Gasteiger partial charge in [0.05, 0.1) is 11.9 Å². The first-order valence-corrected chi connectivity index (χ1v) is 4.75. The van der Waals surface area contributed by atoms with Gasteiger partial charge in [-0.3, -0.25) is 4.98 Å². The second-order valence-electron chi connectivity index (χ2n) is 3.50. The number of hydrogen-bond donors (Lipinski definition) is 1. The fraction of sp³-hybridized carbons (Fsp3) is 0.0833. The van der Waals surface area contributed by atoms with Crippen LogP contribution >= 0.6 is 0 Å².